The molecule has 2 aliphatic heterocycles. The maximum atomic E-state index is 13.3. The number of nitrogens with one attached hydrogen (secondary N) is 1. The van der Waals surface area contributed by atoms with Gasteiger partial charge in [-0.25, -0.2) is 4.99 Å². The molecule has 1 saturated heterocycles. The van der Waals surface area contributed by atoms with E-state index in [9.17, 15) is 9.59 Å². The molecule has 1 N–H and O–H groups in total. The van der Waals surface area contributed by atoms with Crippen LogP contribution in [-0.2, 0) is 16.1 Å². The third-order valence-corrected chi connectivity index (χ3v) is 6.81. The van der Waals surface area contributed by atoms with Crippen molar-refractivity contribution in [2.75, 3.05) is 18.7 Å². The summed E-state index contributed by atoms with van der Waals surface area (Å²) in [5.41, 5.74) is 2.22. The fourth-order valence-corrected chi connectivity index (χ4v) is 4.95. The molecule has 184 valence electrons. The van der Waals surface area contributed by atoms with E-state index in [0.717, 1.165) is 11.3 Å². The van der Waals surface area contributed by atoms with Crippen molar-refractivity contribution in [1.29, 1.82) is 0 Å². The number of fused-ring (bicyclic) bond motifs is 1. The van der Waals surface area contributed by atoms with Gasteiger partial charge >= 0.3 is 0 Å². The monoisotopic (exact) mass is 503 g/mol. The number of carbonyl (C=O) groups excluding carboxylic acids is 2. The first kappa shape index (κ1) is 23.7. The first-order chi connectivity index (χ1) is 17.6. The summed E-state index contributed by atoms with van der Waals surface area (Å²) in [6.07, 6.45) is 0.0657. The van der Waals surface area contributed by atoms with Crippen molar-refractivity contribution >= 4 is 40.1 Å². The quantitative estimate of drug-likeness (QED) is 0.490. The Morgan fingerprint density at radius 1 is 1.08 bits per heavy atom. The predicted molar refractivity (Wildman–Crippen MR) is 139 cm³/mol. The average Bonchev–Trinajstić information content (AvgIpc) is 3.36. The van der Waals surface area contributed by atoms with Crippen molar-refractivity contribution in [3.05, 3.63) is 78.4 Å². The smallest absolute Gasteiger partial charge is 0.238 e. The summed E-state index contributed by atoms with van der Waals surface area (Å²) in [5.74, 6) is 1.66. The van der Waals surface area contributed by atoms with Crippen LogP contribution in [-0.4, -0.2) is 40.5 Å². The summed E-state index contributed by atoms with van der Waals surface area (Å²) >= 11 is 1.28. The molecular weight excluding hydrogens is 478 g/mol. The Hall–Kier alpha value is -3.98. The predicted octanol–water partition coefficient (Wildman–Crippen LogP) is 4.97. The molecule has 2 heterocycles. The molecule has 3 aromatic rings. The van der Waals surface area contributed by atoms with Crippen molar-refractivity contribution < 1.29 is 23.8 Å². The lowest BCUT2D eigenvalue weighted by atomic mass is 10.1. The van der Waals surface area contributed by atoms with Gasteiger partial charge in [0.1, 0.15) is 11.0 Å². The van der Waals surface area contributed by atoms with E-state index in [1.54, 1.807) is 4.90 Å². The summed E-state index contributed by atoms with van der Waals surface area (Å²) in [6, 6.07) is 22.1. The first-order valence-electron chi connectivity index (χ1n) is 11.6. The van der Waals surface area contributed by atoms with Gasteiger partial charge in [-0.2, -0.15) is 0 Å². The van der Waals surface area contributed by atoms with Crippen LogP contribution < -0.4 is 19.5 Å². The number of carbonyl (C=O) groups is 2. The van der Waals surface area contributed by atoms with Crippen LogP contribution in [0.2, 0.25) is 0 Å². The Kier molecular flexibility index (Phi) is 7.08. The van der Waals surface area contributed by atoms with Crippen LogP contribution in [0, 0.1) is 0 Å². The molecule has 9 heteroatoms. The van der Waals surface area contributed by atoms with Crippen LogP contribution in [0.4, 0.5) is 11.4 Å². The molecule has 8 nitrogen and oxygen atoms in total. The Labute approximate surface area is 213 Å². The minimum atomic E-state index is -0.604. The molecule has 36 heavy (non-hydrogen) atoms. The molecular formula is C27H25N3O5S. The average molecular weight is 504 g/mol. The summed E-state index contributed by atoms with van der Waals surface area (Å²) in [7, 11) is 0. The van der Waals surface area contributed by atoms with E-state index >= 15 is 0 Å². The molecule has 0 aliphatic carbocycles. The number of para-hydroxylation sites is 1. The number of hydrogen-bond acceptors (Lipinski definition) is 7. The number of aliphatic imine (C=N–C) groups is 1. The van der Waals surface area contributed by atoms with Crippen LogP contribution >= 0.6 is 11.8 Å². The third kappa shape index (κ3) is 5.46. The van der Waals surface area contributed by atoms with Crippen LogP contribution in [0.15, 0.2) is 77.8 Å². The maximum Gasteiger partial charge on any atom is 0.238 e. The van der Waals surface area contributed by atoms with Gasteiger partial charge in [-0.05, 0) is 61.0 Å². The number of amides is 2. The standard InChI is InChI=1S/C27H25N3O5S/c1-2-33-21-11-9-20(10-12-21)29-27-30(16-18-8-13-22-23(14-18)35-17-34-22)25(31)15-24(36-27)26(32)28-19-6-4-3-5-7-19/h3-14,24H,2,15-17H2,1H3,(H,28,32)/t24-/m0/s1. The molecule has 0 bridgehead atoms. The maximum absolute atomic E-state index is 13.3. The molecule has 2 amide bonds. The zero-order chi connectivity index (χ0) is 24.9. The zero-order valence-electron chi connectivity index (χ0n) is 19.7. The molecule has 0 aromatic heterocycles. The second-order valence-electron chi connectivity index (χ2n) is 8.15. The second kappa shape index (κ2) is 10.7. The second-order valence-corrected chi connectivity index (χ2v) is 9.32. The molecule has 3 aromatic carbocycles. The SMILES string of the molecule is CCOc1ccc(N=C2S[C@H](C(=O)Nc3ccccc3)CC(=O)N2Cc2ccc3c(c2)OCO3)cc1. The van der Waals surface area contributed by atoms with Crippen molar-refractivity contribution in [2.24, 2.45) is 4.99 Å². The Bertz CT molecular complexity index is 1280. The number of ether oxygens (including phenoxy) is 3. The van der Waals surface area contributed by atoms with E-state index in [1.807, 2.05) is 79.7 Å². The van der Waals surface area contributed by atoms with Crippen molar-refractivity contribution in [2.45, 2.75) is 25.1 Å². The lowest BCUT2D eigenvalue weighted by Crippen LogP contribution is -2.44. The summed E-state index contributed by atoms with van der Waals surface area (Å²) in [4.78, 5) is 32.7. The van der Waals surface area contributed by atoms with Gasteiger partial charge in [-0.1, -0.05) is 36.0 Å². The van der Waals surface area contributed by atoms with Gasteiger partial charge in [0.25, 0.3) is 0 Å². The zero-order valence-corrected chi connectivity index (χ0v) is 20.5. The van der Waals surface area contributed by atoms with Gasteiger partial charge in [0, 0.05) is 12.1 Å². The van der Waals surface area contributed by atoms with Crippen molar-refractivity contribution in [3.8, 4) is 17.2 Å². The molecule has 0 unspecified atom stereocenters. The van der Waals surface area contributed by atoms with Gasteiger partial charge in [0.15, 0.2) is 16.7 Å². The van der Waals surface area contributed by atoms with Gasteiger partial charge in [0.2, 0.25) is 18.6 Å². The molecule has 1 fully saturated rings. The Morgan fingerprint density at radius 3 is 2.64 bits per heavy atom. The van der Waals surface area contributed by atoms with Crippen molar-refractivity contribution in [3.63, 3.8) is 0 Å². The number of rotatable bonds is 7. The topological polar surface area (TPSA) is 89.5 Å². The van der Waals surface area contributed by atoms with E-state index in [4.69, 9.17) is 19.2 Å². The molecule has 0 spiro atoms. The highest BCUT2D eigenvalue weighted by atomic mass is 32.2. The van der Waals surface area contributed by atoms with E-state index in [-0.39, 0.29) is 25.0 Å². The van der Waals surface area contributed by atoms with Crippen LogP contribution in [0.1, 0.15) is 18.9 Å². The Morgan fingerprint density at radius 2 is 1.86 bits per heavy atom. The molecule has 0 radical (unpaired) electrons. The first-order valence-corrected chi connectivity index (χ1v) is 12.5. The lowest BCUT2D eigenvalue weighted by Gasteiger charge is -2.32. The highest BCUT2D eigenvalue weighted by Crippen LogP contribution is 2.35. The van der Waals surface area contributed by atoms with Gasteiger partial charge < -0.3 is 19.5 Å². The molecule has 1 atom stereocenters. The molecule has 5 rings (SSSR count). The summed E-state index contributed by atoms with van der Waals surface area (Å²) in [6.45, 7) is 2.97. The molecule has 2 aliphatic rings. The van der Waals surface area contributed by atoms with Crippen LogP contribution in [0.25, 0.3) is 0 Å². The number of thioether (sulfide) groups is 1. The highest BCUT2D eigenvalue weighted by molar-refractivity contribution is 8.15. The van der Waals surface area contributed by atoms with Crippen LogP contribution in [0.5, 0.6) is 17.2 Å². The fourth-order valence-electron chi connectivity index (χ4n) is 3.86. The van der Waals surface area contributed by atoms with Gasteiger partial charge in [-0.3, -0.25) is 14.5 Å². The number of hydrogen-bond donors (Lipinski definition) is 1. The normalized spacial score (nSPS) is 17.8. The number of benzene rings is 3. The van der Waals surface area contributed by atoms with E-state index in [0.29, 0.717) is 41.2 Å². The number of anilines is 1. The van der Waals surface area contributed by atoms with E-state index in [2.05, 4.69) is 5.32 Å². The Balaban J connectivity index is 1.40. The van der Waals surface area contributed by atoms with E-state index in [1.165, 1.54) is 11.8 Å². The lowest BCUT2D eigenvalue weighted by molar-refractivity contribution is -0.129. The van der Waals surface area contributed by atoms with Gasteiger partial charge in [-0.15, -0.1) is 0 Å². The highest BCUT2D eigenvalue weighted by Gasteiger charge is 2.36. The summed E-state index contributed by atoms with van der Waals surface area (Å²) < 4.78 is 16.4. The molecule has 0 saturated carbocycles. The largest absolute Gasteiger partial charge is 0.494 e. The van der Waals surface area contributed by atoms with Crippen molar-refractivity contribution in [1.82, 2.24) is 4.90 Å². The van der Waals surface area contributed by atoms with Crippen LogP contribution in [0.3, 0.4) is 0 Å². The van der Waals surface area contributed by atoms with E-state index < -0.39 is 5.25 Å². The summed E-state index contributed by atoms with van der Waals surface area (Å²) in [5, 5.41) is 2.75. The minimum Gasteiger partial charge on any atom is -0.494 e. The fraction of sp³-hybridized carbons (Fsp3) is 0.222. The number of amidine groups is 1. The number of nitrogens with zero attached hydrogens (tertiary/aromatic N) is 2. The third-order valence-electron chi connectivity index (χ3n) is 5.62. The minimum absolute atomic E-state index is 0.0657. The van der Waals surface area contributed by atoms with Gasteiger partial charge in [0.05, 0.1) is 18.8 Å².